The van der Waals surface area contributed by atoms with Gasteiger partial charge >= 0.3 is 0 Å². The molecule has 2 rings (SSSR count). The van der Waals surface area contributed by atoms with Gasteiger partial charge in [-0.1, -0.05) is 25.0 Å². The zero-order valence-electron chi connectivity index (χ0n) is 10.1. The van der Waals surface area contributed by atoms with E-state index in [-0.39, 0.29) is 6.04 Å². The summed E-state index contributed by atoms with van der Waals surface area (Å²) in [5.74, 6) is 0.825. The second-order valence-corrected chi connectivity index (χ2v) is 4.48. The van der Waals surface area contributed by atoms with Gasteiger partial charge in [-0.2, -0.15) is 5.26 Å². The van der Waals surface area contributed by atoms with E-state index >= 15 is 0 Å². The van der Waals surface area contributed by atoms with Crippen LogP contribution in [0.3, 0.4) is 0 Å². The smallest absolute Gasteiger partial charge is 0.121 e. The van der Waals surface area contributed by atoms with Crippen molar-refractivity contribution in [2.24, 2.45) is 0 Å². The van der Waals surface area contributed by atoms with Crippen molar-refractivity contribution in [1.29, 1.82) is 5.26 Å². The summed E-state index contributed by atoms with van der Waals surface area (Å²) in [5, 5.41) is 12.6. The first-order valence-corrected chi connectivity index (χ1v) is 6.13. The Morgan fingerprint density at radius 3 is 2.47 bits per heavy atom. The molecule has 1 atom stereocenters. The minimum absolute atomic E-state index is 0.205. The lowest BCUT2D eigenvalue weighted by molar-refractivity contribution is 0.414. The van der Waals surface area contributed by atoms with Gasteiger partial charge in [-0.3, -0.25) is 5.32 Å². The number of nitrogens with zero attached hydrogens (tertiary/aromatic N) is 1. The molecule has 1 aliphatic carbocycles. The van der Waals surface area contributed by atoms with Gasteiger partial charge in [0.1, 0.15) is 11.8 Å². The molecule has 1 aliphatic rings. The van der Waals surface area contributed by atoms with E-state index in [1.54, 1.807) is 7.11 Å². The summed E-state index contributed by atoms with van der Waals surface area (Å²) >= 11 is 0. The van der Waals surface area contributed by atoms with Crippen LogP contribution in [-0.4, -0.2) is 13.2 Å². The Bertz CT molecular complexity index is 388. The largest absolute Gasteiger partial charge is 0.497 e. The van der Waals surface area contributed by atoms with Gasteiger partial charge in [0, 0.05) is 6.04 Å². The highest BCUT2D eigenvalue weighted by Gasteiger charge is 2.19. The van der Waals surface area contributed by atoms with E-state index in [0.29, 0.717) is 6.04 Å². The molecule has 1 unspecified atom stereocenters. The second-order valence-electron chi connectivity index (χ2n) is 4.48. The maximum Gasteiger partial charge on any atom is 0.121 e. The van der Waals surface area contributed by atoms with Crippen molar-refractivity contribution in [3.05, 3.63) is 29.8 Å². The van der Waals surface area contributed by atoms with Crippen LogP contribution in [0.4, 0.5) is 0 Å². The van der Waals surface area contributed by atoms with Gasteiger partial charge in [-0.25, -0.2) is 0 Å². The molecule has 0 amide bonds. The Balaban J connectivity index is 2.03. The summed E-state index contributed by atoms with van der Waals surface area (Å²) in [4.78, 5) is 0. The Hall–Kier alpha value is -1.53. The molecule has 1 N–H and O–H groups in total. The molecule has 0 heterocycles. The van der Waals surface area contributed by atoms with E-state index in [4.69, 9.17) is 4.74 Å². The van der Waals surface area contributed by atoms with Crippen LogP contribution in [0.15, 0.2) is 24.3 Å². The highest BCUT2D eigenvalue weighted by atomic mass is 16.5. The third-order valence-electron chi connectivity index (χ3n) is 3.34. The molecule has 0 saturated heterocycles. The number of nitriles is 1. The fraction of sp³-hybridized carbons (Fsp3) is 0.500. The maximum atomic E-state index is 9.22. The molecular formula is C14H18N2O. The number of hydrogen-bond donors (Lipinski definition) is 1. The van der Waals surface area contributed by atoms with Gasteiger partial charge < -0.3 is 4.74 Å². The van der Waals surface area contributed by atoms with Crippen LogP contribution in [0.25, 0.3) is 0 Å². The number of rotatable bonds is 4. The molecule has 3 heteroatoms. The number of methoxy groups -OCH3 is 1. The molecule has 1 saturated carbocycles. The van der Waals surface area contributed by atoms with E-state index in [1.165, 1.54) is 25.7 Å². The van der Waals surface area contributed by atoms with Crippen LogP contribution in [0.5, 0.6) is 5.75 Å². The van der Waals surface area contributed by atoms with Gasteiger partial charge in [0.25, 0.3) is 0 Å². The van der Waals surface area contributed by atoms with E-state index < -0.39 is 0 Å². The van der Waals surface area contributed by atoms with Gasteiger partial charge in [0.15, 0.2) is 0 Å². The Morgan fingerprint density at radius 1 is 1.29 bits per heavy atom. The molecule has 1 aromatic carbocycles. The predicted octanol–water partition coefficient (Wildman–Crippen LogP) is 2.79. The summed E-state index contributed by atoms with van der Waals surface area (Å²) in [6, 6.07) is 10.3. The minimum atomic E-state index is -0.205. The van der Waals surface area contributed by atoms with Crippen LogP contribution < -0.4 is 10.1 Å². The van der Waals surface area contributed by atoms with E-state index in [9.17, 15) is 5.26 Å². The molecule has 0 aliphatic heterocycles. The van der Waals surface area contributed by atoms with Gasteiger partial charge in [0.2, 0.25) is 0 Å². The van der Waals surface area contributed by atoms with Crippen LogP contribution in [0, 0.1) is 11.3 Å². The lowest BCUT2D eigenvalue weighted by atomic mass is 10.1. The van der Waals surface area contributed by atoms with Crippen LogP contribution in [0.2, 0.25) is 0 Å². The molecule has 1 fully saturated rings. The average Bonchev–Trinajstić information content (AvgIpc) is 2.89. The summed E-state index contributed by atoms with van der Waals surface area (Å²) in [7, 11) is 1.65. The molecule has 17 heavy (non-hydrogen) atoms. The van der Waals surface area contributed by atoms with E-state index in [0.717, 1.165) is 11.3 Å². The fourth-order valence-corrected chi connectivity index (χ4v) is 2.33. The normalized spacial score (nSPS) is 17.6. The summed E-state index contributed by atoms with van der Waals surface area (Å²) in [5.41, 5.74) is 1.01. The quantitative estimate of drug-likeness (QED) is 0.865. The van der Waals surface area contributed by atoms with Crippen molar-refractivity contribution in [1.82, 2.24) is 5.32 Å². The lowest BCUT2D eigenvalue weighted by Gasteiger charge is -2.17. The summed E-state index contributed by atoms with van der Waals surface area (Å²) in [6.45, 7) is 0. The Labute approximate surface area is 102 Å². The predicted molar refractivity (Wildman–Crippen MR) is 66.7 cm³/mol. The highest BCUT2D eigenvalue weighted by molar-refractivity contribution is 5.31. The van der Waals surface area contributed by atoms with Crippen molar-refractivity contribution in [3.8, 4) is 11.8 Å². The Kier molecular flexibility index (Phi) is 4.00. The van der Waals surface area contributed by atoms with E-state index in [2.05, 4.69) is 11.4 Å². The van der Waals surface area contributed by atoms with Crippen LogP contribution >= 0.6 is 0 Å². The number of hydrogen-bond acceptors (Lipinski definition) is 3. The molecule has 0 aromatic heterocycles. The number of ether oxygens (including phenoxy) is 1. The van der Waals surface area contributed by atoms with Crippen molar-refractivity contribution in [2.45, 2.75) is 37.8 Å². The topological polar surface area (TPSA) is 45.0 Å². The number of nitrogens with one attached hydrogen (secondary N) is 1. The first-order valence-electron chi connectivity index (χ1n) is 6.13. The average molecular weight is 230 g/mol. The summed E-state index contributed by atoms with van der Waals surface area (Å²) < 4.78 is 5.11. The molecule has 90 valence electrons. The van der Waals surface area contributed by atoms with Gasteiger partial charge in [-0.15, -0.1) is 0 Å². The van der Waals surface area contributed by atoms with Gasteiger partial charge in [0.05, 0.1) is 13.2 Å². The number of benzene rings is 1. The van der Waals surface area contributed by atoms with Crippen LogP contribution in [0.1, 0.15) is 37.3 Å². The maximum absolute atomic E-state index is 9.22. The zero-order chi connectivity index (χ0) is 12.1. The third-order valence-corrected chi connectivity index (χ3v) is 3.34. The second kappa shape index (κ2) is 5.70. The zero-order valence-corrected chi connectivity index (χ0v) is 10.1. The Morgan fingerprint density at radius 2 is 1.94 bits per heavy atom. The molecule has 0 bridgehead atoms. The molecule has 3 nitrogen and oxygen atoms in total. The van der Waals surface area contributed by atoms with E-state index in [1.807, 2.05) is 24.3 Å². The standard InChI is InChI=1S/C14H18N2O/c1-17-13-8-6-11(7-9-13)14(10-15)16-12-4-2-3-5-12/h6-9,12,14,16H,2-5H2,1H3. The van der Waals surface area contributed by atoms with Crippen molar-refractivity contribution >= 4 is 0 Å². The summed E-state index contributed by atoms with van der Waals surface area (Å²) in [6.07, 6.45) is 4.93. The van der Waals surface area contributed by atoms with Gasteiger partial charge in [-0.05, 0) is 30.5 Å². The molecule has 0 radical (unpaired) electrons. The lowest BCUT2D eigenvalue weighted by Crippen LogP contribution is -2.29. The molecule has 1 aromatic rings. The SMILES string of the molecule is COc1ccc(C(C#N)NC2CCCC2)cc1. The molecule has 0 spiro atoms. The minimum Gasteiger partial charge on any atom is -0.497 e. The molecular weight excluding hydrogens is 212 g/mol. The van der Waals surface area contributed by atoms with Crippen molar-refractivity contribution in [3.63, 3.8) is 0 Å². The van der Waals surface area contributed by atoms with Crippen molar-refractivity contribution in [2.75, 3.05) is 7.11 Å². The highest BCUT2D eigenvalue weighted by Crippen LogP contribution is 2.23. The monoisotopic (exact) mass is 230 g/mol. The third kappa shape index (κ3) is 2.98. The van der Waals surface area contributed by atoms with Crippen molar-refractivity contribution < 1.29 is 4.74 Å². The van der Waals surface area contributed by atoms with Crippen LogP contribution in [-0.2, 0) is 0 Å². The first-order chi connectivity index (χ1) is 8.33. The first kappa shape index (κ1) is 11.9. The fourth-order valence-electron chi connectivity index (χ4n) is 2.33.